The van der Waals surface area contributed by atoms with Gasteiger partial charge in [0.05, 0.1) is 6.10 Å². The molecule has 1 aliphatic heterocycles. The van der Waals surface area contributed by atoms with E-state index in [9.17, 15) is 14.7 Å². The fraction of sp³-hybridized carbons (Fsp3) is 0.895. The van der Waals surface area contributed by atoms with Crippen LogP contribution in [0.4, 0.5) is 4.39 Å². The minimum atomic E-state index is -1.77. The van der Waals surface area contributed by atoms with Gasteiger partial charge in [0.15, 0.2) is 5.78 Å². The summed E-state index contributed by atoms with van der Waals surface area (Å²) in [4.78, 5) is 24.5. The molecule has 0 amide bonds. The third-order valence-electron chi connectivity index (χ3n) is 8.73. The summed E-state index contributed by atoms with van der Waals surface area (Å²) >= 11 is 0. The van der Waals surface area contributed by atoms with Gasteiger partial charge in [-0.2, -0.15) is 0 Å². The first-order valence-corrected chi connectivity index (χ1v) is 9.31. The van der Waals surface area contributed by atoms with Crippen LogP contribution in [-0.2, 0) is 14.3 Å². The van der Waals surface area contributed by atoms with Crippen LogP contribution < -0.4 is 0 Å². The van der Waals surface area contributed by atoms with E-state index >= 15 is 4.39 Å². The number of alkyl halides is 1. The van der Waals surface area contributed by atoms with E-state index in [4.69, 9.17) is 4.74 Å². The van der Waals surface area contributed by atoms with Crippen molar-refractivity contribution in [2.45, 2.75) is 82.3 Å². The van der Waals surface area contributed by atoms with E-state index in [1.807, 2.05) is 13.8 Å². The van der Waals surface area contributed by atoms with Gasteiger partial charge in [0.25, 0.3) is 0 Å². The Kier molecular flexibility index (Phi) is 2.65. The van der Waals surface area contributed by atoms with Crippen LogP contribution in [0.25, 0.3) is 0 Å². The van der Waals surface area contributed by atoms with Crippen molar-refractivity contribution in [2.24, 2.45) is 22.7 Å². The molecule has 4 aliphatic carbocycles. The van der Waals surface area contributed by atoms with E-state index in [1.54, 1.807) is 0 Å². The minimum absolute atomic E-state index is 0.00223. The highest BCUT2D eigenvalue weighted by Crippen LogP contribution is 2.74. The predicted molar refractivity (Wildman–Crippen MR) is 83.0 cm³/mol. The second kappa shape index (κ2) is 4.12. The van der Waals surface area contributed by atoms with E-state index in [0.717, 1.165) is 6.42 Å². The molecule has 0 aromatic rings. The number of ketones is 2. The maximum Gasteiger partial charge on any atom is 0.164 e. The number of aliphatic hydroxyl groups excluding tert-OH is 1. The van der Waals surface area contributed by atoms with Crippen LogP contribution in [0, 0.1) is 22.7 Å². The molecule has 5 rings (SSSR count). The molecule has 0 aromatic carbocycles. The number of ether oxygens (including phenoxy) is 1. The number of carbonyl (C=O) groups excluding carboxylic acids is 2. The van der Waals surface area contributed by atoms with Crippen LogP contribution in [-0.4, -0.2) is 40.2 Å². The highest BCUT2D eigenvalue weighted by Gasteiger charge is 2.83. The topological polar surface area (TPSA) is 66.9 Å². The number of aliphatic hydroxyl groups is 1. The highest BCUT2D eigenvalue weighted by molar-refractivity contribution is 5.89. The number of epoxide rings is 1. The molecule has 8 atom stereocenters. The number of Topliss-reactive ketones (excluding diaryl/α,β-unsaturated/α-hetero) is 2. The van der Waals surface area contributed by atoms with Gasteiger partial charge in [0.2, 0.25) is 0 Å². The summed E-state index contributed by atoms with van der Waals surface area (Å²) in [6.07, 6.45) is 1.82. The Bertz CT molecular complexity index is 664. The Labute approximate surface area is 141 Å². The zero-order valence-electron chi connectivity index (χ0n) is 14.3. The number of hydrogen-bond acceptors (Lipinski definition) is 4. The summed E-state index contributed by atoms with van der Waals surface area (Å²) in [7, 11) is 0. The molecule has 24 heavy (non-hydrogen) atoms. The maximum absolute atomic E-state index is 16.7. The van der Waals surface area contributed by atoms with Crippen molar-refractivity contribution < 1.29 is 23.8 Å². The molecule has 1 saturated heterocycles. The first kappa shape index (κ1) is 15.4. The number of fused-ring (bicyclic) bond motifs is 4. The number of rotatable bonds is 0. The van der Waals surface area contributed by atoms with Crippen molar-refractivity contribution in [1.29, 1.82) is 0 Å². The van der Waals surface area contributed by atoms with Crippen molar-refractivity contribution in [3.63, 3.8) is 0 Å². The summed E-state index contributed by atoms with van der Waals surface area (Å²) in [6.45, 7) is 3.80. The van der Waals surface area contributed by atoms with Crippen molar-refractivity contribution in [3.8, 4) is 0 Å². The van der Waals surface area contributed by atoms with Crippen molar-refractivity contribution >= 4 is 11.6 Å². The van der Waals surface area contributed by atoms with E-state index in [2.05, 4.69) is 0 Å². The lowest BCUT2D eigenvalue weighted by molar-refractivity contribution is -0.238. The maximum atomic E-state index is 16.7. The summed E-state index contributed by atoms with van der Waals surface area (Å²) < 4.78 is 22.6. The van der Waals surface area contributed by atoms with Gasteiger partial charge in [-0.25, -0.2) is 4.39 Å². The molecule has 1 N–H and O–H groups in total. The van der Waals surface area contributed by atoms with Crippen LogP contribution >= 0.6 is 0 Å². The van der Waals surface area contributed by atoms with Gasteiger partial charge in [-0.3, -0.25) is 9.59 Å². The molecule has 4 saturated carbocycles. The minimum Gasteiger partial charge on any atom is -0.390 e. The largest absolute Gasteiger partial charge is 0.390 e. The Hall–Kier alpha value is -0.810. The van der Waals surface area contributed by atoms with E-state index in [-0.39, 0.29) is 29.8 Å². The Morgan fingerprint density at radius 3 is 2.62 bits per heavy atom. The van der Waals surface area contributed by atoms with Crippen molar-refractivity contribution in [1.82, 2.24) is 0 Å². The predicted octanol–water partition coefficient (Wildman–Crippen LogP) is 2.36. The van der Waals surface area contributed by atoms with Crippen molar-refractivity contribution in [2.75, 3.05) is 0 Å². The number of hydrogen-bond donors (Lipinski definition) is 1. The summed E-state index contributed by atoms with van der Waals surface area (Å²) in [5.41, 5.74) is -3.91. The smallest absolute Gasteiger partial charge is 0.164 e. The van der Waals surface area contributed by atoms with Crippen LogP contribution in [0.1, 0.15) is 58.8 Å². The first-order chi connectivity index (χ1) is 11.2. The fourth-order valence-electron chi connectivity index (χ4n) is 7.28. The van der Waals surface area contributed by atoms with Crippen LogP contribution in [0.3, 0.4) is 0 Å². The zero-order chi connectivity index (χ0) is 17.1. The zero-order valence-corrected chi connectivity index (χ0v) is 14.3. The Morgan fingerprint density at radius 1 is 1.12 bits per heavy atom. The molecule has 0 bridgehead atoms. The second-order valence-corrected chi connectivity index (χ2v) is 9.30. The second-order valence-electron chi connectivity index (χ2n) is 9.30. The summed E-state index contributed by atoms with van der Waals surface area (Å²) in [5, 5.41) is 10.9. The molecule has 1 unspecified atom stereocenters. The molecule has 5 aliphatic rings. The van der Waals surface area contributed by atoms with E-state index < -0.39 is 34.3 Å². The van der Waals surface area contributed by atoms with Gasteiger partial charge in [-0.1, -0.05) is 13.8 Å². The first-order valence-electron chi connectivity index (χ1n) is 9.31. The molecular formula is C19H25FO4. The third kappa shape index (κ3) is 1.34. The van der Waals surface area contributed by atoms with Gasteiger partial charge < -0.3 is 9.84 Å². The quantitative estimate of drug-likeness (QED) is 0.690. The van der Waals surface area contributed by atoms with Crippen LogP contribution in [0.15, 0.2) is 0 Å². The molecule has 4 nitrogen and oxygen atoms in total. The van der Waals surface area contributed by atoms with Gasteiger partial charge in [0, 0.05) is 29.6 Å². The molecule has 5 fully saturated rings. The molecule has 0 aromatic heterocycles. The lowest BCUT2D eigenvalue weighted by Gasteiger charge is -2.63. The average Bonchev–Trinajstić information content (AvgIpc) is 3.21. The lowest BCUT2D eigenvalue weighted by atomic mass is 9.42. The van der Waals surface area contributed by atoms with Crippen LogP contribution in [0.5, 0.6) is 0 Å². The Balaban J connectivity index is 1.63. The Morgan fingerprint density at radius 2 is 1.88 bits per heavy atom. The van der Waals surface area contributed by atoms with Crippen LogP contribution in [0.2, 0.25) is 0 Å². The summed E-state index contributed by atoms with van der Waals surface area (Å²) in [6, 6.07) is 0. The molecule has 132 valence electrons. The van der Waals surface area contributed by atoms with E-state index in [1.165, 1.54) is 0 Å². The number of carbonyl (C=O) groups is 2. The molecule has 1 spiro atoms. The molecule has 5 heteroatoms. The van der Waals surface area contributed by atoms with Gasteiger partial charge in [-0.05, 0) is 38.0 Å². The number of halogens is 1. The normalized spacial score (nSPS) is 61.7. The third-order valence-corrected chi connectivity index (χ3v) is 8.73. The lowest BCUT2D eigenvalue weighted by Crippen LogP contribution is -2.72. The molecule has 0 radical (unpaired) electrons. The SMILES string of the molecule is C[C@]12CCC(=O)[C@@H]3OC31CC[C@H]1[C@@H]3CCC(=O)[C@@]3(C)C[C@H](O)[C@@]12F. The van der Waals surface area contributed by atoms with Gasteiger partial charge >= 0.3 is 0 Å². The molecule has 1 heterocycles. The standard InChI is InChI=1S/C19H25FO4/c1-16-9-14(23)19(20)11(10(16)3-4-13(16)22)5-8-18-15(24-18)12(21)6-7-17(18,19)2/h10-11,14-15,23H,3-9H2,1-2H3/t10-,11-,14-,15-,16-,17-,18?,19-/m0/s1. The van der Waals surface area contributed by atoms with E-state index in [0.29, 0.717) is 32.1 Å². The summed E-state index contributed by atoms with van der Waals surface area (Å²) in [5.74, 6) is -0.0482. The van der Waals surface area contributed by atoms with Crippen molar-refractivity contribution in [3.05, 3.63) is 0 Å². The van der Waals surface area contributed by atoms with Gasteiger partial charge in [-0.15, -0.1) is 0 Å². The fourth-order valence-corrected chi connectivity index (χ4v) is 7.28. The average molecular weight is 336 g/mol. The van der Waals surface area contributed by atoms with Gasteiger partial charge in [0.1, 0.15) is 23.2 Å². The highest BCUT2D eigenvalue weighted by atomic mass is 19.1. The molecular weight excluding hydrogens is 311 g/mol. The monoisotopic (exact) mass is 336 g/mol.